The molecule has 0 aliphatic carbocycles. The molecule has 2 heterocycles. The van der Waals surface area contributed by atoms with Crippen LogP contribution in [0, 0.1) is 29.6 Å². The number of nitrogens with zero attached hydrogens (tertiary/aromatic N) is 2. The smallest absolute Gasteiger partial charge is 0.373 e. The molecule has 5 nitrogen and oxygen atoms in total. The predicted octanol–water partition coefficient (Wildman–Crippen LogP) is 7.81. The van der Waals surface area contributed by atoms with E-state index in [9.17, 15) is 0 Å². The highest BCUT2D eigenvalue weighted by molar-refractivity contribution is 5.46. The molecule has 2 aliphatic heterocycles. The van der Waals surface area contributed by atoms with Gasteiger partial charge < -0.3 is 9.64 Å². The Balaban J connectivity index is 0.000000576. The summed E-state index contributed by atoms with van der Waals surface area (Å²) < 4.78 is 5.28. The Morgan fingerprint density at radius 1 is 0.868 bits per heavy atom. The molecule has 0 aromatic heterocycles. The number of rotatable bonds is 9. The molecule has 0 bridgehead atoms. The first-order valence-electron chi connectivity index (χ1n) is 15.2. The first kappa shape index (κ1) is 36.3. The number of carbonyl (C=O) groups excluding carboxylic acids is 2. The van der Waals surface area contributed by atoms with Gasteiger partial charge in [-0.15, -0.1) is 0 Å². The summed E-state index contributed by atoms with van der Waals surface area (Å²) in [7, 11) is 0. The van der Waals surface area contributed by atoms with Gasteiger partial charge in [0.1, 0.15) is 0 Å². The summed E-state index contributed by atoms with van der Waals surface area (Å²) in [6.45, 7) is 26.4. The van der Waals surface area contributed by atoms with Crippen LogP contribution in [0.3, 0.4) is 0 Å². The Kier molecular flexibility index (Phi) is 22.2. The van der Waals surface area contributed by atoms with Crippen LogP contribution in [0.5, 0.6) is 0 Å². The number of anilines is 1. The molecule has 0 amide bonds. The van der Waals surface area contributed by atoms with Gasteiger partial charge in [0.15, 0.2) is 0 Å². The highest BCUT2D eigenvalue weighted by Gasteiger charge is 2.16. The van der Waals surface area contributed by atoms with Gasteiger partial charge in [-0.2, -0.15) is 9.59 Å². The Morgan fingerprint density at radius 2 is 1.42 bits per heavy atom. The van der Waals surface area contributed by atoms with Crippen LogP contribution >= 0.6 is 0 Å². The minimum Gasteiger partial charge on any atom is -0.381 e. The number of ether oxygens (including phenoxy) is 1. The monoisotopic (exact) mass is 532 g/mol. The standard InChI is InChI=1S/C16H26N2.C9H18O.C7H16.CO2/c1-15(2)7-6-10-17-11-13-18(14-12-17)16-8-4-3-5-9-16;1-8(2)7-9-3-5-10-6-4-9;1-5-7(4)6(2)3;2-1-3/h3-5,8-9,15H,6-7,10-14H2,1-2H3;8-9H,3-7H2,1-2H3;6-7H,5H2,1-4H3;. The lowest BCUT2D eigenvalue weighted by atomic mass is 9.91. The van der Waals surface area contributed by atoms with Crippen LogP contribution < -0.4 is 4.90 Å². The minimum atomic E-state index is 0.250. The largest absolute Gasteiger partial charge is 0.381 e. The normalized spacial score (nSPS) is 17.0. The zero-order chi connectivity index (χ0) is 28.8. The second-order valence-electron chi connectivity index (χ2n) is 12.1. The first-order chi connectivity index (χ1) is 18.1. The van der Waals surface area contributed by atoms with Gasteiger partial charge in [-0.05, 0) is 80.4 Å². The SMILES string of the molecule is CC(C)CC1CCOCC1.CC(C)CCCN1CCN(c2ccccc2)CC1.CCC(C)C(C)C.O=C=O. The Labute approximate surface area is 235 Å². The van der Waals surface area contributed by atoms with Crippen molar-refractivity contribution in [3.63, 3.8) is 0 Å². The van der Waals surface area contributed by atoms with Gasteiger partial charge in [0.05, 0.1) is 0 Å². The Bertz CT molecular complexity index is 673. The van der Waals surface area contributed by atoms with E-state index in [1.165, 1.54) is 76.9 Å². The molecule has 1 aromatic rings. The number of para-hydroxylation sites is 1. The molecule has 5 heteroatoms. The second kappa shape index (κ2) is 23.2. The summed E-state index contributed by atoms with van der Waals surface area (Å²) in [5.41, 5.74) is 1.37. The van der Waals surface area contributed by atoms with E-state index in [0.717, 1.165) is 42.8 Å². The Hall–Kier alpha value is -1.68. The van der Waals surface area contributed by atoms with Crippen molar-refractivity contribution in [3.05, 3.63) is 30.3 Å². The number of hydrogen-bond acceptors (Lipinski definition) is 5. The number of benzene rings is 1. The Morgan fingerprint density at radius 3 is 1.84 bits per heavy atom. The lowest BCUT2D eigenvalue weighted by molar-refractivity contribution is -0.191. The van der Waals surface area contributed by atoms with Gasteiger partial charge in [-0.25, -0.2) is 0 Å². The van der Waals surface area contributed by atoms with E-state index in [4.69, 9.17) is 14.3 Å². The van der Waals surface area contributed by atoms with E-state index < -0.39 is 0 Å². The van der Waals surface area contributed by atoms with Crippen LogP contribution in [0.25, 0.3) is 0 Å². The molecule has 2 aliphatic rings. The zero-order valence-electron chi connectivity index (χ0n) is 26.1. The van der Waals surface area contributed by atoms with Crippen molar-refractivity contribution in [2.45, 2.75) is 93.9 Å². The fraction of sp³-hybridized carbons (Fsp3) is 0.788. The summed E-state index contributed by atoms with van der Waals surface area (Å²) in [5.74, 6) is 4.43. The summed E-state index contributed by atoms with van der Waals surface area (Å²) >= 11 is 0. The molecule has 1 atom stereocenters. The molecule has 0 spiro atoms. The molecule has 0 saturated carbocycles. The lowest BCUT2D eigenvalue weighted by Gasteiger charge is -2.36. The van der Waals surface area contributed by atoms with Gasteiger partial charge in [0.2, 0.25) is 0 Å². The van der Waals surface area contributed by atoms with Crippen LogP contribution in [-0.4, -0.2) is 57.0 Å². The van der Waals surface area contributed by atoms with Crippen LogP contribution in [0.2, 0.25) is 0 Å². The second-order valence-corrected chi connectivity index (χ2v) is 12.1. The van der Waals surface area contributed by atoms with Crippen molar-refractivity contribution >= 4 is 11.8 Å². The van der Waals surface area contributed by atoms with E-state index in [-0.39, 0.29) is 6.15 Å². The summed E-state index contributed by atoms with van der Waals surface area (Å²) in [5, 5.41) is 0. The molecule has 1 aromatic carbocycles. The summed E-state index contributed by atoms with van der Waals surface area (Å²) in [6.07, 6.45) is 8.25. The lowest BCUT2D eigenvalue weighted by Crippen LogP contribution is -2.46. The highest BCUT2D eigenvalue weighted by atomic mass is 16.5. The van der Waals surface area contributed by atoms with Gasteiger partial charge in [0, 0.05) is 45.1 Å². The third-order valence-corrected chi connectivity index (χ3v) is 7.68. The van der Waals surface area contributed by atoms with Gasteiger partial charge in [0.25, 0.3) is 0 Å². The fourth-order valence-corrected chi connectivity index (χ4v) is 4.71. The van der Waals surface area contributed by atoms with Gasteiger partial charge >= 0.3 is 6.15 Å². The third kappa shape index (κ3) is 19.4. The van der Waals surface area contributed by atoms with E-state index in [1.54, 1.807) is 0 Å². The number of hydrogen-bond donors (Lipinski definition) is 0. The van der Waals surface area contributed by atoms with Crippen molar-refractivity contribution in [3.8, 4) is 0 Å². The maximum absolute atomic E-state index is 8.12. The molecular weight excluding hydrogens is 472 g/mol. The summed E-state index contributed by atoms with van der Waals surface area (Å²) in [6, 6.07) is 10.8. The van der Waals surface area contributed by atoms with E-state index >= 15 is 0 Å². The molecule has 2 saturated heterocycles. The maximum Gasteiger partial charge on any atom is 0.373 e. The topological polar surface area (TPSA) is 49.9 Å². The van der Waals surface area contributed by atoms with Gasteiger partial charge in [-0.1, -0.05) is 80.0 Å². The third-order valence-electron chi connectivity index (χ3n) is 7.68. The van der Waals surface area contributed by atoms with Crippen LogP contribution in [-0.2, 0) is 14.3 Å². The first-order valence-corrected chi connectivity index (χ1v) is 15.2. The highest BCUT2D eigenvalue weighted by Crippen LogP contribution is 2.22. The average Bonchev–Trinajstić information content (AvgIpc) is 2.90. The molecule has 0 radical (unpaired) electrons. The molecule has 38 heavy (non-hydrogen) atoms. The molecule has 0 N–H and O–H groups in total. The van der Waals surface area contributed by atoms with Crippen LogP contribution in [0.15, 0.2) is 30.3 Å². The van der Waals surface area contributed by atoms with E-state index in [1.807, 2.05) is 0 Å². The average molecular weight is 533 g/mol. The van der Waals surface area contributed by atoms with Crippen molar-refractivity contribution < 1.29 is 14.3 Å². The number of piperazine rings is 1. The zero-order valence-corrected chi connectivity index (χ0v) is 26.1. The molecule has 220 valence electrons. The van der Waals surface area contributed by atoms with Gasteiger partial charge in [-0.3, -0.25) is 4.90 Å². The van der Waals surface area contributed by atoms with Crippen LogP contribution in [0.4, 0.5) is 5.69 Å². The fourth-order valence-electron chi connectivity index (χ4n) is 4.71. The molecule has 1 unspecified atom stereocenters. The van der Waals surface area contributed by atoms with Crippen molar-refractivity contribution in [1.29, 1.82) is 0 Å². The minimum absolute atomic E-state index is 0.250. The molecule has 2 fully saturated rings. The summed E-state index contributed by atoms with van der Waals surface area (Å²) in [4.78, 5) is 21.4. The van der Waals surface area contributed by atoms with Crippen molar-refractivity contribution in [1.82, 2.24) is 4.90 Å². The van der Waals surface area contributed by atoms with E-state index in [2.05, 4.69) is 95.5 Å². The molecular formula is C33H60N2O3. The molecule has 3 rings (SSSR count). The van der Waals surface area contributed by atoms with Crippen molar-refractivity contribution in [2.24, 2.45) is 29.6 Å². The maximum atomic E-state index is 8.12. The van der Waals surface area contributed by atoms with Crippen LogP contribution in [0.1, 0.15) is 93.9 Å². The predicted molar refractivity (Wildman–Crippen MR) is 161 cm³/mol. The van der Waals surface area contributed by atoms with E-state index in [0.29, 0.717) is 0 Å². The van der Waals surface area contributed by atoms with Crippen molar-refractivity contribution in [2.75, 3.05) is 50.8 Å². The quantitative estimate of drug-likeness (QED) is 0.325.